The summed E-state index contributed by atoms with van der Waals surface area (Å²) in [6, 6.07) is 14.1. The van der Waals surface area contributed by atoms with Crippen LogP contribution in [0.3, 0.4) is 0 Å². The first-order chi connectivity index (χ1) is 10.6. The Hall–Kier alpha value is -2.29. The lowest BCUT2D eigenvalue weighted by molar-refractivity contribution is -0.124. The topological polar surface area (TPSA) is 29.5 Å². The van der Waals surface area contributed by atoms with Crippen molar-refractivity contribution in [2.45, 2.75) is 33.3 Å². The lowest BCUT2D eigenvalue weighted by atomic mass is 10.1. The zero-order chi connectivity index (χ0) is 15.7. The molecule has 114 valence electrons. The summed E-state index contributed by atoms with van der Waals surface area (Å²) in [6.07, 6.45) is 0.420. The van der Waals surface area contributed by atoms with Gasteiger partial charge in [-0.3, -0.25) is 4.79 Å². The van der Waals surface area contributed by atoms with Crippen molar-refractivity contribution in [3.63, 3.8) is 0 Å². The molecule has 1 aliphatic rings. The van der Waals surface area contributed by atoms with Gasteiger partial charge in [-0.1, -0.05) is 36.4 Å². The molecule has 1 atom stereocenters. The molecule has 2 aromatic rings. The number of anilines is 1. The number of rotatable bonds is 3. The molecule has 0 spiro atoms. The fourth-order valence-corrected chi connectivity index (χ4v) is 3.00. The van der Waals surface area contributed by atoms with Gasteiger partial charge >= 0.3 is 0 Å². The SMILES string of the molecule is Cc1cccc(C)c1O[C@H](C)C(=O)N1CCc2ccccc21. The van der Waals surface area contributed by atoms with Crippen molar-refractivity contribution in [2.24, 2.45) is 0 Å². The summed E-state index contributed by atoms with van der Waals surface area (Å²) in [4.78, 5) is 14.6. The first-order valence-corrected chi connectivity index (χ1v) is 7.70. The van der Waals surface area contributed by atoms with E-state index in [1.54, 1.807) is 0 Å². The number of ether oxygens (including phenoxy) is 1. The minimum Gasteiger partial charge on any atom is -0.480 e. The van der Waals surface area contributed by atoms with Crippen molar-refractivity contribution in [3.05, 3.63) is 59.2 Å². The molecule has 3 nitrogen and oxygen atoms in total. The zero-order valence-corrected chi connectivity index (χ0v) is 13.3. The van der Waals surface area contributed by atoms with Crippen LogP contribution >= 0.6 is 0 Å². The van der Waals surface area contributed by atoms with E-state index in [2.05, 4.69) is 6.07 Å². The van der Waals surface area contributed by atoms with Crippen molar-refractivity contribution >= 4 is 11.6 Å². The molecule has 0 aliphatic carbocycles. The molecule has 0 saturated heterocycles. The Morgan fingerprint density at radius 1 is 1.09 bits per heavy atom. The van der Waals surface area contributed by atoms with Gasteiger partial charge in [-0.2, -0.15) is 0 Å². The van der Waals surface area contributed by atoms with Gasteiger partial charge in [0.15, 0.2) is 6.10 Å². The van der Waals surface area contributed by atoms with Gasteiger partial charge in [0.25, 0.3) is 5.91 Å². The molecule has 0 fully saturated rings. The normalized spacial score (nSPS) is 14.6. The second-order valence-corrected chi connectivity index (χ2v) is 5.85. The molecule has 0 radical (unpaired) electrons. The van der Waals surface area contributed by atoms with E-state index in [4.69, 9.17) is 4.74 Å². The lowest BCUT2D eigenvalue weighted by Gasteiger charge is -2.23. The summed E-state index contributed by atoms with van der Waals surface area (Å²) < 4.78 is 5.97. The van der Waals surface area contributed by atoms with Crippen LogP contribution < -0.4 is 9.64 Å². The number of carbonyl (C=O) groups is 1. The van der Waals surface area contributed by atoms with E-state index in [-0.39, 0.29) is 5.91 Å². The summed E-state index contributed by atoms with van der Waals surface area (Å²) in [6.45, 7) is 6.57. The minimum absolute atomic E-state index is 0.0209. The van der Waals surface area contributed by atoms with Gasteiger partial charge in [0.2, 0.25) is 0 Å². The summed E-state index contributed by atoms with van der Waals surface area (Å²) in [7, 11) is 0. The summed E-state index contributed by atoms with van der Waals surface area (Å²) in [5.41, 5.74) is 4.36. The molecular weight excluding hydrogens is 274 g/mol. The maximum Gasteiger partial charge on any atom is 0.267 e. The van der Waals surface area contributed by atoms with E-state index in [0.717, 1.165) is 35.5 Å². The van der Waals surface area contributed by atoms with Crippen LogP contribution in [0.5, 0.6) is 5.75 Å². The van der Waals surface area contributed by atoms with Crippen LogP contribution in [0.1, 0.15) is 23.6 Å². The average molecular weight is 295 g/mol. The van der Waals surface area contributed by atoms with E-state index in [0.29, 0.717) is 0 Å². The van der Waals surface area contributed by atoms with Crippen LogP contribution in [0.25, 0.3) is 0 Å². The molecule has 0 aromatic heterocycles. The highest BCUT2D eigenvalue weighted by molar-refractivity contribution is 5.98. The van der Waals surface area contributed by atoms with Gasteiger partial charge < -0.3 is 9.64 Å². The Labute approximate surface area is 131 Å². The molecule has 2 aromatic carbocycles. The van der Waals surface area contributed by atoms with Gasteiger partial charge in [-0.15, -0.1) is 0 Å². The molecule has 22 heavy (non-hydrogen) atoms. The van der Waals surface area contributed by atoms with Crippen LogP contribution in [0.15, 0.2) is 42.5 Å². The van der Waals surface area contributed by atoms with Gasteiger partial charge in [0, 0.05) is 12.2 Å². The molecule has 0 unspecified atom stereocenters. The smallest absolute Gasteiger partial charge is 0.267 e. The first-order valence-electron chi connectivity index (χ1n) is 7.70. The quantitative estimate of drug-likeness (QED) is 0.865. The van der Waals surface area contributed by atoms with Crippen LogP contribution in [0, 0.1) is 13.8 Å². The van der Waals surface area contributed by atoms with Crippen molar-refractivity contribution in [1.29, 1.82) is 0 Å². The number of para-hydroxylation sites is 2. The van der Waals surface area contributed by atoms with Crippen molar-refractivity contribution in [1.82, 2.24) is 0 Å². The number of nitrogens with zero attached hydrogens (tertiary/aromatic N) is 1. The third-order valence-electron chi connectivity index (χ3n) is 4.20. The number of fused-ring (bicyclic) bond motifs is 1. The maximum atomic E-state index is 12.7. The van der Waals surface area contributed by atoms with Gasteiger partial charge in [-0.05, 0) is 49.9 Å². The van der Waals surface area contributed by atoms with Gasteiger partial charge in [0.1, 0.15) is 5.75 Å². The highest BCUT2D eigenvalue weighted by Gasteiger charge is 2.29. The summed E-state index contributed by atoms with van der Waals surface area (Å²) in [5.74, 6) is 0.837. The molecule has 1 aliphatic heterocycles. The third-order valence-corrected chi connectivity index (χ3v) is 4.20. The van der Waals surface area contributed by atoms with Gasteiger partial charge in [0.05, 0.1) is 0 Å². The summed E-state index contributed by atoms with van der Waals surface area (Å²) in [5, 5.41) is 0. The highest BCUT2D eigenvalue weighted by atomic mass is 16.5. The monoisotopic (exact) mass is 295 g/mol. The molecule has 1 amide bonds. The Balaban J connectivity index is 1.79. The third kappa shape index (κ3) is 2.59. The second-order valence-electron chi connectivity index (χ2n) is 5.85. The fraction of sp³-hybridized carbons (Fsp3) is 0.316. The van der Waals surface area contributed by atoms with Crippen LogP contribution in [0.2, 0.25) is 0 Å². The number of aryl methyl sites for hydroxylation is 2. The van der Waals surface area contributed by atoms with Crippen molar-refractivity contribution in [2.75, 3.05) is 11.4 Å². The van der Waals surface area contributed by atoms with Crippen LogP contribution in [-0.4, -0.2) is 18.6 Å². The zero-order valence-electron chi connectivity index (χ0n) is 13.3. The predicted molar refractivity (Wildman–Crippen MR) is 88.5 cm³/mol. The second kappa shape index (κ2) is 5.84. The first kappa shape index (κ1) is 14.6. The molecule has 0 bridgehead atoms. The van der Waals surface area contributed by atoms with Crippen LogP contribution in [0.4, 0.5) is 5.69 Å². The molecular formula is C19H21NO2. The minimum atomic E-state index is -0.494. The van der Waals surface area contributed by atoms with E-state index in [1.165, 1.54) is 5.56 Å². The number of amides is 1. The average Bonchev–Trinajstić information content (AvgIpc) is 2.94. The Bertz CT molecular complexity index is 688. The van der Waals surface area contributed by atoms with E-state index in [9.17, 15) is 4.79 Å². The van der Waals surface area contributed by atoms with Crippen LogP contribution in [-0.2, 0) is 11.2 Å². The lowest BCUT2D eigenvalue weighted by Crippen LogP contribution is -2.39. The highest BCUT2D eigenvalue weighted by Crippen LogP contribution is 2.29. The Morgan fingerprint density at radius 3 is 2.50 bits per heavy atom. The molecule has 1 heterocycles. The van der Waals surface area contributed by atoms with E-state index in [1.807, 2.05) is 62.1 Å². The van der Waals surface area contributed by atoms with Crippen molar-refractivity contribution in [3.8, 4) is 5.75 Å². The van der Waals surface area contributed by atoms with E-state index < -0.39 is 6.10 Å². The van der Waals surface area contributed by atoms with E-state index >= 15 is 0 Å². The Kier molecular flexibility index (Phi) is 3.88. The molecule has 3 heteroatoms. The van der Waals surface area contributed by atoms with Gasteiger partial charge in [-0.25, -0.2) is 0 Å². The predicted octanol–water partition coefficient (Wildman–Crippen LogP) is 3.66. The molecule has 0 N–H and O–H groups in total. The standard InChI is InChI=1S/C19H21NO2/c1-13-7-6-8-14(2)18(13)22-15(3)19(21)20-12-11-16-9-4-5-10-17(16)20/h4-10,15H,11-12H2,1-3H3/t15-/m1/s1. The van der Waals surface area contributed by atoms with Crippen molar-refractivity contribution < 1.29 is 9.53 Å². The fourth-order valence-electron chi connectivity index (χ4n) is 3.00. The number of hydrogen-bond acceptors (Lipinski definition) is 2. The number of hydrogen-bond donors (Lipinski definition) is 0. The number of benzene rings is 2. The largest absolute Gasteiger partial charge is 0.480 e. The maximum absolute atomic E-state index is 12.7. The molecule has 0 saturated carbocycles. The number of carbonyl (C=O) groups excluding carboxylic acids is 1. The molecule has 3 rings (SSSR count). The Morgan fingerprint density at radius 2 is 1.77 bits per heavy atom. The summed E-state index contributed by atoms with van der Waals surface area (Å²) >= 11 is 0.